The Morgan fingerprint density at radius 2 is 1.64 bits per heavy atom. The van der Waals surface area contributed by atoms with Gasteiger partial charge in [-0.1, -0.05) is 33.6 Å². The van der Waals surface area contributed by atoms with E-state index in [9.17, 15) is 19.5 Å². The number of aliphatic hydroxyl groups excluding tert-OH is 1. The first-order chi connectivity index (χ1) is 11.6. The van der Waals surface area contributed by atoms with Gasteiger partial charge in [0.1, 0.15) is 18.2 Å². The molecule has 0 aliphatic carbocycles. The zero-order chi connectivity index (χ0) is 19.6. The van der Waals surface area contributed by atoms with Crippen LogP contribution in [0.5, 0.6) is 0 Å². The van der Waals surface area contributed by atoms with E-state index >= 15 is 0 Å². The molecule has 0 radical (unpaired) electrons. The number of unbranched alkanes of at least 4 members (excludes halogenated alkanes) is 1. The van der Waals surface area contributed by atoms with Crippen LogP contribution in [0.15, 0.2) is 0 Å². The molecule has 146 valence electrons. The monoisotopic (exact) mass is 358 g/mol. The van der Waals surface area contributed by atoms with Crippen molar-refractivity contribution in [3.05, 3.63) is 0 Å². The van der Waals surface area contributed by atoms with Crippen LogP contribution in [0.4, 0.5) is 0 Å². The molecule has 0 spiro atoms. The molecule has 8 heteroatoms. The smallest absolute Gasteiger partial charge is 0.251 e. The zero-order valence-electron chi connectivity index (χ0n) is 16.0. The van der Waals surface area contributed by atoms with Crippen LogP contribution in [-0.4, -0.2) is 54.1 Å². The van der Waals surface area contributed by atoms with Crippen molar-refractivity contribution in [1.29, 1.82) is 0 Å². The van der Waals surface area contributed by atoms with E-state index in [1.807, 2.05) is 20.8 Å². The maximum Gasteiger partial charge on any atom is 0.251 e. The zero-order valence-corrected chi connectivity index (χ0v) is 16.0. The molecular formula is C17H34N4O4. The molecule has 0 unspecified atom stereocenters. The molecule has 0 aromatic rings. The highest BCUT2D eigenvalue weighted by Crippen LogP contribution is 2.06. The Balaban J connectivity index is 4.65. The number of nitrogens with two attached hydrogens (primary N) is 1. The van der Waals surface area contributed by atoms with E-state index in [-0.39, 0.29) is 11.8 Å². The topological polar surface area (TPSA) is 134 Å². The Kier molecular flexibility index (Phi) is 11.0. The highest BCUT2D eigenvalue weighted by molar-refractivity contribution is 5.92. The fourth-order valence-electron chi connectivity index (χ4n) is 2.33. The molecule has 0 aromatic heterocycles. The Hall–Kier alpha value is -1.67. The maximum absolute atomic E-state index is 12.2. The predicted molar refractivity (Wildman–Crippen MR) is 96.6 cm³/mol. The average molecular weight is 358 g/mol. The third kappa shape index (κ3) is 8.83. The van der Waals surface area contributed by atoms with Crippen molar-refractivity contribution in [3.63, 3.8) is 0 Å². The van der Waals surface area contributed by atoms with Crippen molar-refractivity contribution in [2.45, 2.75) is 77.6 Å². The molecule has 0 bridgehead atoms. The maximum atomic E-state index is 12.2. The highest BCUT2D eigenvalue weighted by Gasteiger charge is 2.28. The van der Waals surface area contributed by atoms with Crippen molar-refractivity contribution in [2.24, 2.45) is 11.7 Å². The Morgan fingerprint density at radius 1 is 1.04 bits per heavy atom. The summed E-state index contributed by atoms with van der Waals surface area (Å²) in [6, 6.07) is -2.23. The summed E-state index contributed by atoms with van der Waals surface area (Å²) in [7, 11) is 1.50. The Bertz CT molecular complexity index is 442. The van der Waals surface area contributed by atoms with Gasteiger partial charge < -0.3 is 26.8 Å². The van der Waals surface area contributed by atoms with E-state index in [1.54, 1.807) is 0 Å². The summed E-state index contributed by atoms with van der Waals surface area (Å²) < 4.78 is 0. The van der Waals surface area contributed by atoms with Gasteiger partial charge in [0.2, 0.25) is 11.8 Å². The number of likely N-dealkylation sites (N-methyl/N-ethyl adjacent to an activating group) is 1. The molecular weight excluding hydrogens is 324 g/mol. The number of amides is 3. The number of hydrogen-bond acceptors (Lipinski definition) is 5. The normalized spacial score (nSPS) is 15.8. The Morgan fingerprint density at radius 3 is 2.12 bits per heavy atom. The summed E-state index contributed by atoms with van der Waals surface area (Å²) in [5.41, 5.74) is 5.79. The first-order valence-corrected chi connectivity index (χ1v) is 8.89. The lowest BCUT2D eigenvalue weighted by atomic mass is 10.0. The summed E-state index contributed by atoms with van der Waals surface area (Å²) in [6.45, 7) is 7.38. The van der Waals surface area contributed by atoms with Crippen LogP contribution in [0.25, 0.3) is 0 Å². The van der Waals surface area contributed by atoms with Gasteiger partial charge in [-0.2, -0.15) is 0 Å². The van der Waals surface area contributed by atoms with Gasteiger partial charge in [0.05, 0.1) is 0 Å². The number of carbonyl (C=O) groups excluding carboxylic acids is 3. The average Bonchev–Trinajstić information content (AvgIpc) is 2.56. The quantitative estimate of drug-likeness (QED) is 0.344. The van der Waals surface area contributed by atoms with E-state index < -0.39 is 36.0 Å². The fourth-order valence-corrected chi connectivity index (χ4v) is 2.33. The molecule has 0 rings (SSSR count). The second-order valence-corrected chi connectivity index (χ2v) is 6.79. The third-order valence-electron chi connectivity index (χ3n) is 3.90. The predicted octanol–water partition coefficient (Wildman–Crippen LogP) is -0.354. The van der Waals surface area contributed by atoms with Crippen molar-refractivity contribution >= 4 is 17.7 Å². The first kappa shape index (κ1) is 23.3. The number of nitrogens with one attached hydrogen (secondary N) is 3. The molecule has 25 heavy (non-hydrogen) atoms. The SMILES string of the molecule is CCCC[C@@H](N)[C@H](O)C(=O)N[C@@H](C)C(=O)N[C@@H](CC(C)C)C(=O)NC. The van der Waals surface area contributed by atoms with Crippen LogP contribution >= 0.6 is 0 Å². The fraction of sp³-hybridized carbons (Fsp3) is 0.824. The minimum atomic E-state index is -1.37. The van der Waals surface area contributed by atoms with Crippen LogP contribution in [0.1, 0.15) is 53.4 Å². The molecule has 4 atom stereocenters. The summed E-state index contributed by atoms with van der Waals surface area (Å²) in [5, 5.41) is 17.5. The van der Waals surface area contributed by atoms with Crippen molar-refractivity contribution in [2.75, 3.05) is 7.05 Å². The number of rotatable bonds is 11. The van der Waals surface area contributed by atoms with E-state index in [2.05, 4.69) is 16.0 Å². The number of hydrogen-bond donors (Lipinski definition) is 5. The molecule has 0 saturated heterocycles. The molecule has 0 saturated carbocycles. The number of aliphatic hydroxyl groups is 1. The first-order valence-electron chi connectivity index (χ1n) is 8.89. The van der Waals surface area contributed by atoms with Crippen LogP contribution in [-0.2, 0) is 14.4 Å². The molecule has 0 fully saturated rings. The summed E-state index contributed by atoms with van der Waals surface area (Å²) in [6.07, 6.45) is 1.37. The second-order valence-electron chi connectivity index (χ2n) is 6.79. The van der Waals surface area contributed by atoms with Crippen LogP contribution in [0.2, 0.25) is 0 Å². The largest absolute Gasteiger partial charge is 0.382 e. The van der Waals surface area contributed by atoms with Gasteiger partial charge in [-0.25, -0.2) is 0 Å². The van der Waals surface area contributed by atoms with Crippen molar-refractivity contribution in [3.8, 4) is 0 Å². The van der Waals surface area contributed by atoms with Crippen LogP contribution < -0.4 is 21.7 Å². The van der Waals surface area contributed by atoms with Gasteiger partial charge in [-0.15, -0.1) is 0 Å². The molecule has 0 aliphatic rings. The van der Waals surface area contributed by atoms with E-state index in [4.69, 9.17) is 5.73 Å². The molecule has 0 aliphatic heterocycles. The van der Waals surface area contributed by atoms with E-state index in [0.29, 0.717) is 12.8 Å². The third-order valence-corrected chi connectivity index (χ3v) is 3.90. The molecule has 0 heterocycles. The van der Waals surface area contributed by atoms with Crippen LogP contribution in [0, 0.1) is 5.92 Å². The van der Waals surface area contributed by atoms with Crippen LogP contribution in [0.3, 0.4) is 0 Å². The molecule has 3 amide bonds. The lowest BCUT2D eigenvalue weighted by Gasteiger charge is -2.23. The molecule has 8 nitrogen and oxygen atoms in total. The van der Waals surface area contributed by atoms with Gasteiger partial charge in [0, 0.05) is 13.1 Å². The van der Waals surface area contributed by atoms with Gasteiger partial charge in [-0.3, -0.25) is 14.4 Å². The minimum absolute atomic E-state index is 0.214. The van der Waals surface area contributed by atoms with Gasteiger partial charge in [-0.05, 0) is 25.7 Å². The summed E-state index contributed by atoms with van der Waals surface area (Å²) in [5.74, 6) is -1.25. The summed E-state index contributed by atoms with van der Waals surface area (Å²) in [4.78, 5) is 36.1. The molecule has 0 aromatic carbocycles. The second kappa shape index (κ2) is 11.8. The van der Waals surface area contributed by atoms with Gasteiger partial charge in [0.25, 0.3) is 5.91 Å². The lowest BCUT2D eigenvalue weighted by Crippen LogP contribution is -2.55. The summed E-state index contributed by atoms with van der Waals surface area (Å²) >= 11 is 0. The van der Waals surface area contributed by atoms with Crippen molar-refractivity contribution < 1.29 is 19.5 Å². The minimum Gasteiger partial charge on any atom is -0.382 e. The van der Waals surface area contributed by atoms with E-state index in [0.717, 1.165) is 12.8 Å². The van der Waals surface area contributed by atoms with Gasteiger partial charge in [0.15, 0.2) is 0 Å². The molecule has 6 N–H and O–H groups in total. The van der Waals surface area contributed by atoms with E-state index in [1.165, 1.54) is 14.0 Å². The Labute approximate surface area is 150 Å². The lowest BCUT2D eigenvalue weighted by molar-refractivity contribution is -0.135. The highest BCUT2D eigenvalue weighted by atomic mass is 16.3. The number of carbonyl (C=O) groups is 3. The standard InChI is InChI=1S/C17H34N4O4/c1-6-7-8-12(18)14(22)17(25)20-11(4)15(23)21-13(9-10(2)3)16(24)19-5/h10-14,22H,6-9,18H2,1-5H3,(H,19,24)(H,20,25)(H,21,23)/t11-,12+,13-,14-/m0/s1. The van der Waals surface area contributed by atoms with Crippen molar-refractivity contribution in [1.82, 2.24) is 16.0 Å². The van der Waals surface area contributed by atoms with Gasteiger partial charge >= 0.3 is 0 Å².